The van der Waals surface area contributed by atoms with Gasteiger partial charge in [0, 0.05) is 5.56 Å². The molecule has 1 N–H and O–H groups in total. The summed E-state index contributed by atoms with van der Waals surface area (Å²) in [5.74, 6) is -0.752. The number of hydrogen-bond donors (Lipinski definition) is 1. The first kappa shape index (κ1) is 18.2. The summed E-state index contributed by atoms with van der Waals surface area (Å²) in [5, 5.41) is 1.19. The first-order chi connectivity index (χ1) is 14.1. The number of furan rings is 1. The lowest BCUT2D eigenvalue weighted by molar-refractivity contribution is -0.117. The summed E-state index contributed by atoms with van der Waals surface area (Å²) >= 11 is 0. The topological polar surface area (TPSA) is 88.9 Å². The Hall–Kier alpha value is -4.13. The monoisotopic (exact) mass is 388 g/mol. The van der Waals surface area contributed by atoms with Crippen LogP contribution in [0.5, 0.6) is 0 Å². The maximum Gasteiger partial charge on any atom is 0.338 e. The molecule has 1 aliphatic heterocycles. The second-order valence-electron chi connectivity index (χ2n) is 6.21. The molecule has 1 aliphatic rings. The second kappa shape index (κ2) is 7.47. The Morgan fingerprint density at radius 2 is 1.72 bits per heavy atom. The van der Waals surface area contributed by atoms with E-state index < -0.39 is 17.8 Å². The van der Waals surface area contributed by atoms with Crippen LogP contribution in [0.1, 0.15) is 16.1 Å². The van der Waals surface area contributed by atoms with Crippen LogP contribution in [0.15, 0.2) is 76.7 Å². The van der Waals surface area contributed by atoms with Crippen LogP contribution in [0.3, 0.4) is 0 Å². The number of anilines is 1. The number of ether oxygens (including phenoxy) is 1. The molecule has 0 atom stereocenters. The Morgan fingerprint density at radius 1 is 1.00 bits per heavy atom. The van der Waals surface area contributed by atoms with Crippen molar-refractivity contribution in [3.05, 3.63) is 83.6 Å². The molecule has 144 valence electrons. The van der Waals surface area contributed by atoms with E-state index in [2.05, 4.69) is 5.43 Å². The zero-order valence-corrected chi connectivity index (χ0v) is 15.4. The first-order valence-electron chi connectivity index (χ1n) is 8.78. The highest BCUT2D eigenvalue weighted by Crippen LogP contribution is 2.28. The maximum atomic E-state index is 12.7. The average Bonchev–Trinajstić information content (AvgIpc) is 3.34. The van der Waals surface area contributed by atoms with Gasteiger partial charge >= 0.3 is 5.97 Å². The van der Waals surface area contributed by atoms with E-state index in [1.54, 1.807) is 60.7 Å². The highest BCUT2D eigenvalue weighted by molar-refractivity contribution is 6.31. The molecular formula is C22H16N2O5. The van der Waals surface area contributed by atoms with Gasteiger partial charge in [0.25, 0.3) is 11.8 Å². The quantitative estimate of drug-likeness (QED) is 0.421. The van der Waals surface area contributed by atoms with Crippen molar-refractivity contribution < 1.29 is 23.5 Å². The molecule has 0 unspecified atom stereocenters. The van der Waals surface area contributed by atoms with Gasteiger partial charge in [-0.3, -0.25) is 15.0 Å². The number of para-hydroxylation sites is 1. The molecule has 0 aliphatic carbocycles. The third-order valence-electron chi connectivity index (χ3n) is 4.42. The van der Waals surface area contributed by atoms with Crippen LogP contribution >= 0.6 is 0 Å². The Balaban J connectivity index is 1.64. The third kappa shape index (κ3) is 3.41. The first-order valence-corrected chi connectivity index (χ1v) is 8.78. The third-order valence-corrected chi connectivity index (χ3v) is 4.42. The van der Waals surface area contributed by atoms with Crippen LogP contribution in [-0.2, 0) is 14.3 Å². The smallest absolute Gasteiger partial charge is 0.338 e. The van der Waals surface area contributed by atoms with E-state index in [0.717, 1.165) is 0 Å². The number of hydrogen-bond acceptors (Lipinski definition) is 5. The number of carbonyl (C=O) groups excluding carboxylic acids is 3. The minimum atomic E-state index is -0.522. The fourth-order valence-electron chi connectivity index (χ4n) is 3.02. The molecule has 2 heterocycles. The van der Waals surface area contributed by atoms with Crippen LogP contribution in [0.2, 0.25) is 0 Å². The predicted octanol–water partition coefficient (Wildman–Crippen LogP) is 3.19. The Kier molecular flexibility index (Phi) is 4.70. The van der Waals surface area contributed by atoms with E-state index in [9.17, 15) is 14.4 Å². The largest absolute Gasteiger partial charge is 0.465 e. The zero-order chi connectivity index (χ0) is 20.4. The summed E-state index contributed by atoms with van der Waals surface area (Å²) in [6.07, 6.45) is 1.38. The summed E-state index contributed by atoms with van der Waals surface area (Å²) in [5.41, 5.74) is 3.95. The fourth-order valence-corrected chi connectivity index (χ4v) is 3.02. The molecule has 7 nitrogen and oxygen atoms in total. The molecule has 7 heteroatoms. The fraction of sp³-hybridized carbons (Fsp3) is 0.0455. The van der Waals surface area contributed by atoms with Crippen LogP contribution in [-0.4, -0.2) is 24.9 Å². The van der Waals surface area contributed by atoms with Gasteiger partial charge in [-0.05, 0) is 36.4 Å². The van der Waals surface area contributed by atoms with Gasteiger partial charge in [0.2, 0.25) is 0 Å². The molecular weight excluding hydrogens is 372 g/mol. The molecule has 4 rings (SSSR count). The number of hydrazine groups is 1. The van der Waals surface area contributed by atoms with Gasteiger partial charge in [0.15, 0.2) is 0 Å². The zero-order valence-electron chi connectivity index (χ0n) is 15.4. The van der Waals surface area contributed by atoms with Crippen molar-refractivity contribution in [2.45, 2.75) is 0 Å². The van der Waals surface area contributed by atoms with E-state index >= 15 is 0 Å². The van der Waals surface area contributed by atoms with Crippen LogP contribution in [0, 0.1) is 0 Å². The van der Waals surface area contributed by atoms with Crippen molar-refractivity contribution >= 4 is 29.5 Å². The maximum absolute atomic E-state index is 12.7. The Labute approximate surface area is 166 Å². The van der Waals surface area contributed by atoms with Crippen molar-refractivity contribution in [2.24, 2.45) is 0 Å². The minimum absolute atomic E-state index is 0.0454. The van der Waals surface area contributed by atoms with E-state index in [1.807, 2.05) is 6.07 Å². The molecule has 0 bridgehead atoms. The molecule has 3 aromatic rings. The number of carbonyl (C=O) groups is 3. The molecule has 2 amide bonds. The van der Waals surface area contributed by atoms with Crippen LogP contribution < -0.4 is 10.4 Å². The van der Waals surface area contributed by atoms with Gasteiger partial charge in [-0.1, -0.05) is 36.4 Å². The van der Waals surface area contributed by atoms with Gasteiger partial charge in [-0.15, -0.1) is 0 Å². The lowest BCUT2D eigenvalue weighted by Gasteiger charge is -2.13. The highest BCUT2D eigenvalue weighted by Gasteiger charge is 2.34. The molecule has 2 aromatic carbocycles. The lowest BCUT2D eigenvalue weighted by Crippen LogP contribution is -2.35. The number of nitrogens with one attached hydrogen (secondary N) is 1. The molecule has 1 aromatic heterocycles. The molecule has 0 radical (unpaired) electrons. The van der Waals surface area contributed by atoms with Crippen molar-refractivity contribution in [3.63, 3.8) is 0 Å². The van der Waals surface area contributed by atoms with Gasteiger partial charge in [0.05, 0.1) is 18.4 Å². The minimum Gasteiger partial charge on any atom is -0.465 e. The normalized spacial score (nSPS) is 14.9. The molecule has 29 heavy (non-hydrogen) atoms. The van der Waals surface area contributed by atoms with E-state index in [1.165, 1.54) is 18.2 Å². The summed E-state index contributed by atoms with van der Waals surface area (Å²) in [7, 11) is 1.31. The van der Waals surface area contributed by atoms with Crippen LogP contribution in [0.4, 0.5) is 5.69 Å². The number of methoxy groups -OCH3 is 1. The molecule has 1 fully saturated rings. The molecule has 0 spiro atoms. The number of esters is 1. The number of amides is 2. The standard InChI is InChI=1S/C22H16N2O5/c1-28-22(27)17-10-6-5-9-16(17)19-12-11-15(29-19)13-18-20(25)23-24(21(18)26)14-7-3-2-4-8-14/h2-13H,1H3,(H,23,25)/b18-13+. The molecule has 0 saturated carbocycles. The summed E-state index contributed by atoms with van der Waals surface area (Å²) in [6.45, 7) is 0. The van der Waals surface area contributed by atoms with Gasteiger partial charge < -0.3 is 9.15 Å². The van der Waals surface area contributed by atoms with Gasteiger partial charge in [-0.2, -0.15) is 0 Å². The van der Waals surface area contributed by atoms with Crippen molar-refractivity contribution in [1.82, 2.24) is 5.43 Å². The second-order valence-corrected chi connectivity index (χ2v) is 6.21. The van der Waals surface area contributed by atoms with Crippen molar-refractivity contribution in [2.75, 3.05) is 12.1 Å². The van der Waals surface area contributed by atoms with Gasteiger partial charge in [0.1, 0.15) is 17.1 Å². The summed E-state index contributed by atoms with van der Waals surface area (Å²) in [4.78, 5) is 36.9. The predicted molar refractivity (Wildman–Crippen MR) is 106 cm³/mol. The number of nitrogens with zero attached hydrogens (tertiary/aromatic N) is 1. The SMILES string of the molecule is COC(=O)c1ccccc1-c1ccc(/C=C2\C(=O)NN(c3ccccc3)C2=O)o1. The van der Waals surface area contributed by atoms with Gasteiger partial charge in [-0.25, -0.2) is 9.80 Å². The molecule has 1 saturated heterocycles. The highest BCUT2D eigenvalue weighted by atomic mass is 16.5. The number of rotatable bonds is 4. The summed E-state index contributed by atoms with van der Waals surface area (Å²) in [6, 6.07) is 18.9. The number of benzene rings is 2. The summed E-state index contributed by atoms with van der Waals surface area (Å²) < 4.78 is 10.6. The van der Waals surface area contributed by atoms with Crippen molar-refractivity contribution in [1.29, 1.82) is 0 Å². The Bertz CT molecular complexity index is 1130. The van der Waals surface area contributed by atoms with E-state index in [0.29, 0.717) is 28.3 Å². The van der Waals surface area contributed by atoms with E-state index in [4.69, 9.17) is 9.15 Å². The van der Waals surface area contributed by atoms with Crippen LogP contribution in [0.25, 0.3) is 17.4 Å². The average molecular weight is 388 g/mol. The Morgan fingerprint density at radius 3 is 2.48 bits per heavy atom. The van der Waals surface area contributed by atoms with Crippen molar-refractivity contribution in [3.8, 4) is 11.3 Å². The van der Waals surface area contributed by atoms with E-state index in [-0.39, 0.29) is 5.57 Å². The lowest BCUT2D eigenvalue weighted by atomic mass is 10.1.